The third-order valence-corrected chi connectivity index (χ3v) is 2.60. The second-order valence-electron chi connectivity index (χ2n) is 2.38. The van der Waals surface area contributed by atoms with Crippen LogP contribution < -0.4 is 5.73 Å². The number of hydrogen-bond acceptors (Lipinski definition) is 4. The molecule has 0 saturated carbocycles. The highest BCUT2D eigenvalue weighted by Gasteiger charge is 2.18. The summed E-state index contributed by atoms with van der Waals surface area (Å²) in [6.07, 6.45) is -0.358. The summed E-state index contributed by atoms with van der Waals surface area (Å²) in [4.78, 5) is 1.07. The van der Waals surface area contributed by atoms with Gasteiger partial charge in [-0.05, 0) is 11.4 Å². The number of thiophene rings is 1. The van der Waals surface area contributed by atoms with Crippen molar-refractivity contribution in [2.45, 2.75) is 12.3 Å². The highest BCUT2D eigenvalue weighted by atomic mass is 32.1. The molecule has 68 valence electrons. The van der Waals surface area contributed by atoms with Crippen LogP contribution in [0.4, 0.5) is 0 Å². The fraction of sp³-hybridized carbons (Fsp3) is 0.500. The number of hydrogen-bond donors (Lipinski definition) is 1. The first kappa shape index (κ1) is 9.67. The number of nitrogens with two attached hydrogens (primary N) is 1. The van der Waals surface area contributed by atoms with Crippen molar-refractivity contribution in [1.82, 2.24) is 0 Å². The zero-order valence-corrected chi connectivity index (χ0v) is 8.01. The molecule has 0 bridgehead atoms. The zero-order chi connectivity index (χ0) is 8.97. The second kappa shape index (κ2) is 4.57. The molecule has 2 N–H and O–H groups in total. The van der Waals surface area contributed by atoms with Crippen LogP contribution in [0.25, 0.3) is 0 Å². The molecule has 1 unspecified atom stereocenters. The van der Waals surface area contributed by atoms with Crippen LogP contribution in [0, 0.1) is 0 Å². The molecule has 1 atom stereocenters. The Morgan fingerprint density at radius 3 is 2.50 bits per heavy atom. The number of ether oxygens (including phenoxy) is 2. The molecular formula is C8H13NO2S. The van der Waals surface area contributed by atoms with E-state index >= 15 is 0 Å². The van der Waals surface area contributed by atoms with Gasteiger partial charge in [0.1, 0.15) is 0 Å². The van der Waals surface area contributed by atoms with E-state index < -0.39 is 0 Å². The van der Waals surface area contributed by atoms with Crippen LogP contribution >= 0.6 is 11.3 Å². The van der Waals surface area contributed by atoms with Crippen molar-refractivity contribution in [1.29, 1.82) is 0 Å². The summed E-state index contributed by atoms with van der Waals surface area (Å²) in [6, 6.07) is 3.74. The van der Waals surface area contributed by atoms with Crippen molar-refractivity contribution in [2.24, 2.45) is 5.73 Å². The average molecular weight is 187 g/mol. The third-order valence-electron chi connectivity index (χ3n) is 1.63. The van der Waals surface area contributed by atoms with Crippen LogP contribution in [-0.4, -0.2) is 20.5 Å². The van der Waals surface area contributed by atoms with Gasteiger partial charge in [0.2, 0.25) is 0 Å². The highest BCUT2D eigenvalue weighted by molar-refractivity contribution is 7.10. The third kappa shape index (κ3) is 2.04. The second-order valence-corrected chi connectivity index (χ2v) is 3.36. The summed E-state index contributed by atoms with van der Waals surface area (Å²) in [7, 11) is 3.17. The van der Waals surface area contributed by atoms with E-state index in [-0.39, 0.29) is 12.3 Å². The van der Waals surface area contributed by atoms with Crippen LogP contribution in [-0.2, 0) is 9.47 Å². The summed E-state index contributed by atoms with van der Waals surface area (Å²) in [5.41, 5.74) is 5.87. The van der Waals surface area contributed by atoms with Gasteiger partial charge in [-0.2, -0.15) is 0 Å². The minimum Gasteiger partial charge on any atom is -0.354 e. The molecule has 0 aliphatic rings. The first-order valence-electron chi connectivity index (χ1n) is 3.64. The Kier molecular flexibility index (Phi) is 3.68. The van der Waals surface area contributed by atoms with E-state index in [1.54, 1.807) is 25.6 Å². The van der Waals surface area contributed by atoms with Crippen molar-refractivity contribution in [3.05, 3.63) is 22.4 Å². The van der Waals surface area contributed by atoms with Crippen molar-refractivity contribution >= 4 is 11.3 Å². The van der Waals surface area contributed by atoms with Crippen molar-refractivity contribution < 1.29 is 9.47 Å². The molecule has 1 aromatic rings. The van der Waals surface area contributed by atoms with Crippen LogP contribution in [0.3, 0.4) is 0 Å². The molecule has 0 aliphatic heterocycles. The lowest BCUT2D eigenvalue weighted by atomic mass is 10.2. The predicted octanol–water partition coefficient (Wildman–Crippen LogP) is 1.37. The molecular weight excluding hydrogens is 174 g/mol. The van der Waals surface area contributed by atoms with Gasteiger partial charge in [0.05, 0.1) is 6.04 Å². The average Bonchev–Trinajstić information content (AvgIpc) is 2.58. The number of methoxy groups -OCH3 is 2. The number of rotatable bonds is 4. The van der Waals surface area contributed by atoms with Crippen molar-refractivity contribution in [3.63, 3.8) is 0 Å². The summed E-state index contributed by atoms with van der Waals surface area (Å²) in [6.45, 7) is 0. The molecule has 0 amide bonds. The Bertz CT molecular complexity index is 209. The standard InChI is InChI=1S/C8H13NO2S/c1-10-8(11-2)7(9)6-4-3-5-12-6/h3-5,7-8H,9H2,1-2H3. The lowest BCUT2D eigenvalue weighted by Gasteiger charge is -2.19. The van der Waals surface area contributed by atoms with Crippen molar-refractivity contribution in [3.8, 4) is 0 Å². The first-order chi connectivity index (χ1) is 5.79. The lowest BCUT2D eigenvalue weighted by Crippen LogP contribution is -2.28. The quantitative estimate of drug-likeness (QED) is 0.724. The molecule has 0 aromatic carbocycles. The van der Waals surface area contributed by atoms with Gasteiger partial charge in [-0.15, -0.1) is 11.3 Å². The molecule has 0 spiro atoms. The molecule has 0 aliphatic carbocycles. The molecule has 0 fully saturated rings. The van der Waals surface area contributed by atoms with Gasteiger partial charge in [0.25, 0.3) is 0 Å². The minimum absolute atomic E-state index is 0.194. The molecule has 1 aromatic heterocycles. The Morgan fingerprint density at radius 1 is 1.42 bits per heavy atom. The predicted molar refractivity (Wildman–Crippen MR) is 49.1 cm³/mol. The van der Waals surface area contributed by atoms with Gasteiger partial charge in [0.15, 0.2) is 6.29 Å². The van der Waals surface area contributed by atoms with Crippen molar-refractivity contribution in [2.75, 3.05) is 14.2 Å². The van der Waals surface area contributed by atoms with E-state index in [4.69, 9.17) is 15.2 Å². The lowest BCUT2D eigenvalue weighted by molar-refractivity contribution is -0.116. The van der Waals surface area contributed by atoms with Gasteiger partial charge in [-0.1, -0.05) is 6.07 Å². The van der Waals surface area contributed by atoms with E-state index in [0.717, 1.165) is 4.88 Å². The molecule has 1 heterocycles. The van der Waals surface area contributed by atoms with E-state index in [9.17, 15) is 0 Å². The van der Waals surface area contributed by atoms with Gasteiger partial charge < -0.3 is 15.2 Å². The smallest absolute Gasteiger partial charge is 0.176 e. The van der Waals surface area contributed by atoms with E-state index in [1.165, 1.54) is 0 Å². The Balaban J connectivity index is 2.63. The van der Waals surface area contributed by atoms with Gasteiger partial charge in [-0.3, -0.25) is 0 Å². The minimum atomic E-state index is -0.358. The van der Waals surface area contributed by atoms with Gasteiger partial charge >= 0.3 is 0 Å². The fourth-order valence-corrected chi connectivity index (χ4v) is 1.74. The fourth-order valence-electron chi connectivity index (χ4n) is 1.00. The summed E-state index contributed by atoms with van der Waals surface area (Å²) in [5.74, 6) is 0. The maximum atomic E-state index is 5.87. The van der Waals surface area contributed by atoms with Crippen LogP contribution in [0.15, 0.2) is 17.5 Å². The topological polar surface area (TPSA) is 44.5 Å². The van der Waals surface area contributed by atoms with Gasteiger partial charge in [0, 0.05) is 19.1 Å². The maximum absolute atomic E-state index is 5.87. The Morgan fingerprint density at radius 2 is 2.08 bits per heavy atom. The van der Waals surface area contributed by atoms with Crippen LogP contribution in [0.2, 0.25) is 0 Å². The first-order valence-corrected chi connectivity index (χ1v) is 4.52. The summed E-state index contributed by atoms with van der Waals surface area (Å²) >= 11 is 1.61. The normalized spacial score (nSPS) is 13.7. The summed E-state index contributed by atoms with van der Waals surface area (Å²) < 4.78 is 10.1. The molecule has 0 radical (unpaired) electrons. The van der Waals surface area contributed by atoms with Crippen LogP contribution in [0.5, 0.6) is 0 Å². The monoisotopic (exact) mass is 187 g/mol. The van der Waals surface area contributed by atoms with E-state index in [1.807, 2.05) is 17.5 Å². The van der Waals surface area contributed by atoms with Gasteiger partial charge in [-0.25, -0.2) is 0 Å². The SMILES string of the molecule is COC(OC)C(N)c1cccs1. The van der Waals surface area contributed by atoms with Crippen LogP contribution in [0.1, 0.15) is 10.9 Å². The van der Waals surface area contributed by atoms with E-state index in [2.05, 4.69) is 0 Å². The van der Waals surface area contributed by atoms with E-state index in [0.29, 0.717) is 0 Å². The maximum Gasteiger partial charge on any atom is 0.176 e. The summed E-state index contributed by atoms with van der Waals surface area (Å²) in [5, 5.41) is 1.98. The Labute approximate surface area is 76.1 Å². The highest BCUT2D eigenvalue weighted by Crippen LogP contribution is 2.21. The molecule has 0 saturated heterocycles. The molecule has 1 rings (SSSR count). The zero-order valence-electron chi connectivity index (χ0n) is 7.19. The largest absolute Gasteiger partial charge is 0.354 e. The molecule has 4 heteroatoms. The Hall–Kier alpha value is -0.420. The molecule has 12 heavy (non-hydrogen) atoms. The molecule has 3 nitrogen and oxygen atoms in total.